The quantitative estimate of drug-likeness (QED) is 0.852. The minimum Gasteiger partial charge on any atom is -0.384 e. The van der Waals surface area contributed by atoms with Gasteiger partial charge in [0.15, 0.2) is 0 Å². The molecule has 0 unspecified atom stereocenters. The Hall–Kier alpha value is -1.14. The first-order chi connectivity index (χ1) is 8.08. The molecule has 1 heterocycles. The second-order valence-electron chi connectivity index (χ2n) is 4.37. The summed E-state index contributed by atoms with van der Waals surface area (Å²) >= 11 is 0. The summed E-state index contributed by atoms with van der Waals surface area (Å²) in [5.74, 6) is 0.321. The molecule has 5 nitrogen and oxygen atoms in total. The van der Waals surface area contributed by atoms with Crippen LogP contribution in [0.4, 0.5) is 5.82 Å². The van der Waals surface area contributed by atoms with Crippen molar-refractivity contribution in [3.8, 4) is 0 Å². The van der Waals surface area contributed by atoms with Crippen molar-refractivity contribution in [3.05, 3.63) is 18.3 Å². The van der Waals surface area contributed by atoms with Gasteiger partial charge in [-0.25, -0.2) is 18.1 Å². The molecular formula is C11H17N3O2S. The van der Waals surface area contributed by atoms with E-state index in [1.54, 1.807) is 0 Å². The van der Waals surface area contributed by atoms with Gasteiger partial charge < -0.3 is 5.73 Å². The maximum Gasteiger partial charge on any atom is 0.242 e. The van der Waals surface area contributed by atoms with Crippen molar-refractivity contribution in [2.45, 2.75) is 43.0 Å². The average Bonchev–Trinajstić information content (AvgIpc) is 2.30. The van der Waals surface area contributed by atoms with Crippen molar-refractivity contribution in [2.75, 3.05) is 5.73 Å². The Morgan fingerprint density at radius 3 is 2.53 bits per heavy atom. The lowest BCUT2D eigenvalue weighted by Gasteiger charge is -2.22. The third-order valence-electron chi connectivity index (χ3n) is 3.00. The van der Waals surface area contributed by atoms with Crippen LogP contribution in [0.2, 0.25) is 0 Å². The molecule has 0 saturated heterocycles. The van der Waals surface area contributed by atoms with Gasteiger partial charge in [-0.2, -0.15) is 0 Å². The van der Waals surface area contributed by atoms with Gasteiger partial charge in [0.05, 0.1) is 0 Å². The fourth-order valence-electron chi connectivity index (χ4n) is 2.06. The normalized spacial score (nSPS) is 18.1. The summed E-state index contributed by atoms with van der Waals surface area (Å²) in [5.41, 5.74) is 5.43. The Morgan fingerprint density at radius 1 is 1.24 bits per heavy atom. The Balaban J connectivity index is 2.10. The highest BCUT2D eigenvalue weighted by molar-refractivity contribution is 7.89. The molecule has 6 heteroatoms. The molecule has 94 valence electrons. The zero-order chi connectivity index (χ0) is 12.3. The molecule has 1 aliphatic rings. The minimum absolute atomic E-state index is 0.0614. The predicted molar refractivity (Wildman–Crippen MR) is 65.8 cm³/mol. The van der Waals surface area contributed by atoms with E-state index in [-0.39, 0.29) is 10.9 Å². The number of nitrogens with one attached hydrogen (secondary N) is 1. The molecule has 0 amide bonds. The lowest BCUT2D eigenvalue weighted by molar-refractivity contribution is 0.412. The molecule has 17 heavy (non-hydrogen) atoms. The maximum atomic E-state index is 12.0. The van der Waals surface area contributed by atoms with E-state index in [0.717, 1.165) is 25.7 Å². The first-order valence-electron chi connectivity index (χ1n) is 5.82. The number of nitrogens with two attached hydrogens (primary N) is 1. The van der Waals surface area contributed by atoms with Crippen molar-refractivity contribution in [3.63, 3.8) is 0 Å². The van der Waals surface area contributed by atoms with Gasteiger partial charge >= 0.3 is 0 Å². The highest BCUT2D eigenvalue weighted by Crippen LogP contribution is 2.19. The van der Waals surface area contributed by atoms with Crippen LogP contribution in [0, 0.1) is 0 Å². The third kappa shape index (κ3) is 3.17. The smallest absolute Gasteiger partial charge is 0.242 e. The molecule has 0 atom stereocenters. The number of nitrogens with zero attached hydrogens (tertiary/aromatic N) is 1. The molecule has 1 saturated carbocycles. The van der Waals surface area contributed by atoms with Crippen LogP contribution in [-0.4, -0.2) is 19.4 Å². The number of rotatable bonds is 3. The van der Waals surface area contributed by atoms with E-state index in [1.165, 1.54) is 24.8 Å². The van der Waals surface area contributed by atoms with Crippen molar-refractivity contribution in [1.29, 1.82) is 0 Å². The fourth-order valence-corrected chi connectivity index (χ4v) is 3.31. The molecule has 0 spiro atoms. The van der Waals surface area contributed by atoms with E-state index in [0.29, 0.717) is 5.82 Å². The van der Waals surface area contributed by atoms with Crippen LogP contribution in [0.5, 0.6) is 0 Å². The van der Waals surface area contributed by atoms with Crippen LogP contribution in [0.3, 0.4) is 0 Å². The van der Waals surface area contributed by atoms with Crippen LogP contribution in [0.15, 0.2) is 23.2 Å². The molecule has 3 N–H and O–H groups in total. The van der Waals surface area contributed by atoms with Crippen molar-refractivity contribution < 1.29 is 8.42 Å². The van der Waals surface area contributed by atoms with E-state index in [1.807, 2.05) is 0 Å². The lowest BCUT2D eigenvalue weighted by atomic mass is 9.96. The second kappa shape index (κ2) is 5.01. The summed E-state index contributed by atoms with van der Waals surface area (Å²) in [6, 6.07) is 3.04. The Bertz CT molecular complexity index is 464. The molecule has 0 bridgehead atoms. The SMILES string of the molecule is Nc1ccc(S(=O)(=O)NC2CCCCC2)cn1. The van der Waals surface area contributed by atoms with Gasteiger partial charge in [-0.15, -0.1) is 0 Å². The molecule has 1 fully saturated rings. The van der Waals surface area contributed by atoms with Crippen LogP contribution in [0.1, 0.15) is 32.1 Å². The predicted octanol–water partition coefficient (Wildman–Crippen LogP) is 1.27. The summed E-state index contributed by atoms with van der Waals surface area (Å²) in [7, 11) is -3.44. The van der Waals surface area contributed by atoms with E-state index in [9.17, 15) is 8.42 Å². The fraction of sp³-hybridized carbons (Fsp3) is 0.545. The number of anilines is 1. The average molecular weight is 255 g/mol. The standard InChI is InChI=1S/C11H17N3O2S/c12-11-7-6-10(8-13-11)17(15,16)14-9-4-2-1-3-5-9/h6-9,14H,1-5H2,(H2,12,13). The monoisotopic (exact) mass is 255 g/mol. The minimum atomic E-state index is -3.44. The molecule has 1 aromatic heterocycles. The van der Waals surface area contributed by atoms with Gasteiger partial charge in [-0.05, 0) is 25.0 Å². The van der Waals surface area contributed by atoms with Crippen LogP contribution in [0.25, 0.3) is 0 Å². The number of nitrogen functional groups attached to an aromatic ring is 1. The van der Waals surface area contributed by atoms with E-state index in [4.69, 9.17) is 5.73 Å². The highest BCUT2D eigenvalue weighted by Gasteiger charge is 2.21. The maximum absolute atomic E-state index is 12.0. The van der Waals surface area contributed by atoms with Crippen LogP contribution < -0.4 is 10.5 Å². The zero-order valence-electron chi connectivity index (χ0n) is 9.59. The molecule has 2 rings (SSSR count). The van der Waals surface area contributed by atoms with Gasteiger partial charge in [0.25, 0.3) is 0 Å². The Kier molecular flexibility index (Phi) is 3.63. The molecule has 0 aromatic carbocycles. The number of hydrogen-bond donors (Lipinski definition) is 2. The molecule has 1 aromatic rings. The first kappa shape index (κ1) is 12.3. The van der Waals surface area contributed by atoms with Gasteiger partial charge in [0.1, 0.15) is 10.7 Å². The summed E-state index contributed by atoms with van der Waals surface area (Å²) in [6.45, 7) is 0. The van der Waals surface area contributed by atoms with Gasteiger partial charge in [-0.1, -0.05) is 19.3 Å². The molecule has 1 aliphatic carbocycles. The topological polar surface area (TPSA) is 85.1 Å². The molecule has 0 aliphatic heterocycles. The van der Waals surface area contributed by atoms with Crippen molar-refractivity contribution >= 4 is 15.8 Å². The zero-order valence-corrected chi connectivity index (χ0v) is 10.4. The van der Waals surface area contributed by atoms with E-state index in [2.05, 4.69) is 9.71 Å². The van der Waals surface area contributed by atoms with Gasteiger partial charge in [0.2, 0.25) is 10.0 Å². The number of pyridine rings is 1. The van der Waals surface area contributed by atoms with Crippen LogP contribution in [-0.2, 0) is 10.0 Å². The number of hydrogen-bond acceptors (Lipinski definition) is 4. The van der Waals surface area contributed by atoms with Gasteiger partial charge in [-0.3, -0.25) is 0 Å². The molecular weight excluding hydrogens is 238 g/mol. The third-order valence-corrected chi connectivity index (χ3v) is 4.50. The summed E-state index contributed by atoms with van der Waals surface area (Å²) in [4.78, 5) is 3.98. The Morgan fingerprint density at radius 2 is 1.94 bits per heavy atom. The summed E-state index contributed by atoms with van der Waals surface area (Å²) < 4.78 is 26.8. The van der Waals surface area contributed by atoms with E-state index >= 15 is 0 Å². The first-order valence-corrected chi connectivity index (χ1v) is 7.30. The van der Waals surface area contributed by atoms with Crippen LogP contribution >= 0.6 is 0 Å². The van der Waals surface area contributed by atoms with Crippen molar-refractivity contribution in [1.82, 2.24) is 9.71 Å². The Labute approximate surface area is 101 Å². The number of sulfonamides is 1. The van der Waals surface area contributed by atoms with Crippen molar-refractivity contribution in [2.24, 2.45) is 0 Å². The van der Waals surface area contributed by atoms with Gasteiger partial charge in [0, 0.05) is 12.2 Å². The largest absolute Gasteiger partial charge is 0.384 e. The number of aromatic nitrogens is 1. The molecule has 0 radical (unpaired) electrons. The van der Waals surface area contributed by atoms with E-state index < -0.39 is 10.0 Å². The summed E-state index contributed by atoms with van der Waals surface area (Å²) in [5, 5.41) is 0. The lowest BCUT2D eigenvalue weighted by Crippen LogP contribution is -2.36. The highest BCUT2D eigenvalue weighted by atomic mass is 32.2. The second-order valence-corrected chi connectivity index (χ2v) is 6.09. The summed E-state index contributed by atoms with van der Waals surface area (Å²) in [6.07, 6.45) is 6.51.